The lowest BCUT2D eigenvalue weighted by Crippen LogP contribution is -2.22. The lowest BCUT2D eigenvalue weighted by atomic mass is 10.2. The van der Waals surface area contributed by atoms with Crippen LogP contribution in [0, 0.1) is 12.8 Å². The Bertz CT molecular complexity index is 379. The second kappa shape index (κ2) is 8.44. The predicted octanol–water partition coefficient (Wildman–Crippen LogP) is 4.44. The van der Waals surface area contributed by atoms with E-state index in [4.69, 9.17) is 16.3 Å². The third-order valence-corrected chi connectivity index (χ3v) is 3.23. The minimum absolute atomic E-state index is 0.220. The fourth-order valence-electron chi connectivity index (χ4n) is 1.88. The molecule has 2 nitrogen and oxygen atoms in total. The van der Waals surface area contributed by atoms with Crippen molar-refractivity contribution < 1.29 is 4.74 Å². The second-order valence-electron chi connectivity index (χ2n) is 5.58. The Kier molecular flexibility index (Phi) is 7.25. The van der Waals surface area contributed by atoms with Crippen LogP contribution in [0.2, 0.25) is 5.02 Å². The number of rotatable bonds is 8. The zero-order valence-corrected chi connectivity index (χ0v) is 13.3. The van der Waals surface area contributed by atoms with Crippen LogP contribution in [0.15, 0.2) is 18.2 Å². The molecule has 19 heavy (non-hydrogen) atoms. The molecule has 0 bridgehead atoms. The standard InChI is InChI=1S/C16H26ClNO/c1-12(2)11-18-9-5-6-14(4)19-16-10-15(17)8-7-13(16)3/h7-8,10,12,14,18H,5-6,9,11H2,1-4H3. The van der Waals surface area contributed by atoms with Crippen LogP contribution in [0.3, 0.4) is 0 Å². The molecule has 0 aliphatic heterocycles. The van der Waals surface area contributed by atoms with E-state index in [-0.39, 0.29) is 6.10 Å². The SMILES string of the molecule is Cc1ccc(Cl)cc1OC(C)CCCNCC(C)C. The van der Waals surface area contributed by atoms with Gasteiger partial charge in [-0.15, -0.1) is 0 Å². The summed E-state index contributed by atoms with van der Waals surface area (Å²) in [7, 11) is 0. The molecule has 1 N–H and O–H groups in total. The molecule has 0 saturated carbocycles. The molecule has 1 aromatic rings. The van der Waals surface area contributed by atoms with Gasteiger partial charge in [0.25, 0.3) is 0 Å². The van der Waals surface area contributed by atoms with Gasteiger partial charge >= 0.3 is 0 Å². The molecule has 0 aliphatic rings. The van der Waals surface area contributed by atoms with Crippen molar-refractivity contribution >= 4 is 11.6 Å². The molecular formula is C16H26ClNO. The number of hydrogen-bond donors (Lipinski definition) is 1. The first-order valence-electron chi connectivity index (χ1n) is 7.12. The van der Waals surface area contributed by atoms with E-state index in [0.717, 1.165) is 42.3 Å². The summed E-state index contributed by atoms with van der Waals surface area (Å²) in [6, 6.07) is 5.78. The van der Waals surface area contributed by atoms with Crippen LogP contribution < -0.4 is 10.1 Å². The van der Waals surface area contributed by atoms with Gasteiger partial charge in [0, 0.05) is 5.02 Å². The molecule has 1 atom stereocenters. The van der Waals surface area contributed by atoms with Crippen LogP contribution in [-0.4, -0.2) is 19.2 Å². The maximum Gasteiger partial charge on any atom is 0.124 e. The van der Waals surface area contributed by atoms with Gasteiger partial charge in [-0.05, 0) is 63.4 Å². The van der Waals surface area contributed by atoms with Gasteiger partial charge in [0.2, 0.25) is 0 Å². The molecule has 0 saturated heterocycles. The van der Waals surface area contributed by atoms with E-state index in [1.807, 2.05) is 25.1 Å². The van der Waals surface area contributed by atoms with Crippen molar-refractivity contribution in [1.82, 2.24) is 5.32 Å². The number of hydrogen-bond acceptors (Lipinski definition) is 2. The molecule has 1 rings (SSSR count). The molecule has 3 heteroatoms. The molecule has 0 amide bonds. The second-order valence-corrected chi connectivity index (χ2v) is 6.01. The molecule has 108 valence electrons. The molecule has 0 aliphatic carbocycles. The average molecular weight is 284 g/mol. The Morgan fingerprint density at radius 1 is 1.26 bits per heavy atom. The highest BCUT2D eigenvalue weighted by Crippen LogP contribution is 2.24. The maximum atomic E-state index is 5.99. The predicted molar refractivity (Wildman–Crippen MR) is 83.2 cm³/mol. The lowest BCUT2D eigenvalue weighted by molar-refractivity contribution is 0.206. The normalized spacial score (nSPS) is 12.7. The summed E-state index contributed by atoms with van der Waals surface area (Å²) in [6.45, 7) is 10.7. The summed E-state index contributed by atoms with van der Waals surface area (Å²) in [6.07, 6.45) is 2.41. The highest BCUT2D eigenvalue weighted by molar-refractivity contribution is 6.30. The third kappa shape index (κ3) is 6.84. The van der Waals surface area contributed by atoms with Gasteiger partial charge in [-0.1, -0.05) is 31.5 Å². The monoisotopic (exact) mass is 283 g/mol. The molecule has 0 spiro atoms. The van der Waals surface area contributed by atoms with Crippen molar-refractivity contribution in [3.05, 3.63) is 28.8 Å². The fraction of sp³-hybridized carbons (Fsp3) is 0.625. The van der Waals surface area contributed by atoms with E-state index in [1.165, 1.54) is 0 Å². The molecule has 0 radical (unpaired) electrons. The van der Waals surface area contributed by atoms with Crippen molar-refractivity contribution in [2.24, 2.45) is 5.92 Å². The van der Waals surface area contributed by atoms with E-state index < -0.39 is 0 Å². The fourth-order valence-corrected chi connectivity index (χ4v) is 2.04. The number of nitrogens with one attached hydrogen (secondary N) is 1. The number of ether oxygens (including phenoxy) is 1. The van der Waals surface area contributed by atoms with Gasteiger partial charge in [-0.3, -0.25) is 0 Å². The average Bonchev–Trinajstić information content (AvgIpc) is 2.33. The first-order chi connectivity index (χ1) is 8.99. The van der Waals surface area contributed by atoms with Gasteiger partial charge in [0.1, 0.15) is 5.75 Å². The van der Waals surface area contributed by atoms with Crippen LogP contribution in [0.25, 0.3) is 0 Å². The summed E-state index contributed by atoms with van der Waals surface area (Å²) in [5.41, 5.74) is 1.13. The van der Waals surface area contributed by atoms with Gasteiger partial charge in [-0.25, -0.2) is 0 Å². The summed E-state index contributed by atoms with van der Waals surface area (Å²) in [5, 5.41) is 4.18. The Morgan fingerprint density at radius 2 is 2.00 bits per heavy atom. The number of aryl methyl sites for hydroxylation is 1. The highest BCUT2D eigenvalue weighted by atomic mass is 35.5. The smallest absolute Gasteiger partial charge is 0.124 e. The van der Waals surface area contributed by atoms with Crippen molar-refractivity contribution in [3.8, 4) is 5.75 Å². The van der Waals surface area contributed by atoms with E-state index in [9.17, 15) is 0 Å². The lowest BCUT2D eigenvalue weighted by Gasteiger charge is -2.17. The molecule has 0 heterocycles. The molecule has 1 unspecified atom stereocenters. The highest BCUT2D eigenvalue weighted by Gasteiger charge is 2.07. The zero-order chi connectivity index (χ0) is 14.3. The van der Waals surface area contributed by atoms with E-state index in [0.29, 0.717) is 5.92 Å². The summed E-state index contributed by atoms with van der Waals surface area (Å²) in [4.78, 5) is 0. The van der Waals surface area contributed by atoms with Crippen molar-refractivity contribution in [2.75, 3.05) is 13.1 Å². The van der Waals surface area contributed by atoms with E-state index in [1.54, 1.807) is 0 Å². The number of halogens is 1. The first-order valence-corrected chi connectivity index (χ1v) is 7.50. The first kappa shape index (κ1) is 16.3. The minimum atomic E-state index is 0.220. The summed E-state index contributed by atoms with van der Waals surface area (Å²) < 4.78 is 5.94. The Hall–Kier alpha value is -0.730. The zero-order valence-electron chi connectivity index (χ0n) is 12.5. The third-order valence-electron chi connectivity index (χ3n) is 3.00. The van der Waals surface area contributed by atoms with E-state index in [2.05, 4.69) is 26.1 Å². The molecule has 1 aromatic carbocycles. The molecule has 0 aromatic heterocycles. The molecular weight excluding hydrogens is 258 g/mol. The topological polar surface area (TPSA) is 21.3 Å². The minimum Gasteiger partial charge on any atom is -0.490 e. The van der Waals surface area contributed by atoms with Crippen molar-refractivity contribution in [1.29, 1.82) is 0 Å². The summed E-state index contributed by atoms with van der Waals surface area (Å²) >= 11 is 5.99. The van der Waals surface area contributed by atoms with Crippen molar-refractivity contribution in [3.63, 3.8) is 0 Å². The Labute approximate surface area is 122 Å². The molecule has 0 fully saturated rings. The van der Waals surface area contributed by atoms with Crippen LogP contribution in [-0.2, 0) is 0 Å². The van der Waals surface area contributed by atoms with Crippen molar-refractivity contribution in [2.45, 2.75) is 46.6 Å². The maximum absolute atomic E-state index is 5.99. The quantitative estimate of drug-likeness (QED) is 0.712. The van der Waals surface area contributed by atoms with Gasteiger partial charge in [0.15, 0.2) is 0 Å². The Morgan fingerprint density at radius 3 is 2.68 bits per heavy atom. The largest absolute Gasteiger partial charge is 0.490 e. The van der Waals surface area contributed by atoms with Crippen LogP contribution in [0.4, 0.5) is 0 Å². The van der Waals surface area contributed by atoms with Gasteiger partial charge in [0.05, 0.1) is 6.10 Å². The van der Waals surface area contributed by atoms with Crippen LogP contribution in [0.5, 0.6) is 5.75 Å². The Balaban J connectivity index is 2.27. The summed E-state index contributed by atoms with van der Waals surface area (Å²) in [5.74, 6) is 1.61. The van der Waals surface area contributed by atoms with Gasteiger partial charge < -0.3 is 10.1 Å². The van der Waals surface area contributed by atoms with Crippen LogP contribution >= 0.6 is 11.6 Å². The van der Waals surface area contributed by atoms with E-state index >= 15 is 0 Å². The number of benzene rings is 1. The van der Waals surface area contributed by atoms with Gasteiger partial charge in [-0.2, -0.15) is 0 Å². The van der Waals surface area contributed by atoms with Crippen LogP contribution in [0.1, 0.15) is 39.2 Å².